The van der Waals surface area contributed by atoms with Crippen LogP contribution in [0.4, 0.5) is 0 Å². The molecule has 18 heavy (non-hydrogen) atoms. The molecular weight excluding hydrogens is 222 g/mol. The standard InChI is InChI=1S/C16H19NO/c1-2-14(17)11-15(18)10-13-8-5-7-12-6-3-4-9-16(12)13/h3-9,14H,2,10-11,17H2,1H3. The fourth-order valence-corrected chi connectivity index (χ4v) is 2.17. The van der Waals surface area contributed by atoms with E-state index in [0.717, 1.165) is 12.0 Å². The second-order valence-corrected chi connectivity index (χ2v) is 4.73. The predicted molar refractivity (Wildman–Crippen MR) is 75.5 cm³/mol. The zero-order valence-corrected chi connectivity index (χ0v) is 10.7. The van der Waals surface area contributed by atoms with Gasteiger partial charge in [-0.2, -0.15) is 0 Å². The summed E-state index contributed by atoms with van der Waals surface area (Å²) in [7, 11) is 0. The topological polar surface area (TPSA) is 43.1 Å². The summed E-state index contributed by atoms with van der Waals surface area (Å²) in [5.41, 5.74) is 6.92. The van der Waals surface area contributed by atoms with Crippen molar-refractivity contribution < 1.29 is 4.79 Å². The van der Waals surface area contributed by atoms with Crippen molar-refractivity contribution in [3.63, 3.8) is 0 Å². The van der Waals surface area contributed by atoms with Crippen LogP contribution in [0.5, 0.6) is 0 Å². The first kappa shape index (κ1) is 12.8. The SMILES string of the molecule is CCC(N)CC(=O)Cc1cccc2ccccc12. The molecule has 2 heteroatoms. The number of Topliss-reactive ketones (excluding diaryl/α,β-unsaturated/α-hetero) is 1. The minimum atomic E-state index is -0.00697. The number of nitrogens with two attached hydrogens (primary N) is 1. The van der Waals surface area contributed by atoms with Gasteiger partial charge < -0.3 is 5.73 Å². The number of ketones is 1. The second kappa shape index (κ2) is 5.78. The van der Waals surface area contributed by atoms with Crippen molar-refractivity contribution in [3.05, 3.63) is 48.0 Å². The molecule has 94 valence electrons. The third kappa shape index (κ3) is 2.96. The van der Waals surface area contributed by atoms with Crippen LogP contribution in [0.3, 0.4) is 0 Å². The van der Waals surface area contributed by atoms with Gasteiger partial charge in [-0.15, -0.1) is 0 Å². The Hall–Kier alpha value is -1.67. The van der Waals surface area contributed by atoms with Crippen molar-refractivity contribution in [3.8, 4) is 0 Å². The summed E-state index contributed by atoms with van der Waals surface area (Å²) in [5.74, 6) is 0.223. The molecular formula is C16H19NO. The van der Waals surface area contributed by atoms with E-state index in [-0.39, 0.29) is 11.8 Å². The van der Waals surface area contributed by atoms with E-state index in [0.29, 0.717) is 12.8 Å². The van der Waals surface area contributed by atoms with Crippen molar-refractivity contribution in [1.82, 2.24) is 0 Å². The molecule has 2 rings (SSSR count). The minimum absolute atomic E-state index is 0.00697. The molecule has 0 spiro atoms. The van der Waals surface area contributed by atoms with Crippen LogP contribution >= 0.6 is 0 Å². The van der Waals surface area contributed by atoms with Gasteiger partial charge in [0.2, 0.25) is 0 Å². The maximum absolute atomic E-state index is 11.9. The van der Waals surface area contributed by atoms with Crippen molar-refractivity contribution in [2.45, 2.75) is 32.2 Å². The number of fused-ring (bicyclic) bond motifs is 1. The van der Waals surface area contributed by atoms with Gasteiger partial charge in [-0.1, -0.05) is 49.4 Å². The van der Waals surface area contributed by atoms with Gasteiger partial charge in [-0.25, -0.2) is 0 Å². The normalized spacial score (nSPS) is 12.6. The smallest absolute Gasteiger partial charge is 0.138 e. The van der Waals surface area contributed by atoms with E-state index >= 15 is 0 Å². The molecule has 1 atom stereocenters. The van der Waals surface area contributed by atoms with E-state index in [2.05, 4.69) is 18.2 Å². The molecule has 0 fully saturated rings. The van der Waals surface area contributed by atoms with Gasteiger partial charge in [-0.05, 0) is 22.8 Å². The number of carbonyl (C=O) groups excluding carboxylic acids is 1. The molecule has 0 radical (unpaired) electrons. The van der Waals surface area contributed by atoms with Gasteiger partial charge in [-0.3, -0.25) is 4.79 Å². The van der Waals surface area contributed by atoms with E-state index < -0.39 is 0 Å². The summed E-state index contributed by atoms with van der Waals surface area (Å²) in [6, 6.07) is 14.3. The van der Waals surface area contributed by atoms with Crippen LogP contribution in [-0.4, -0.2) is 11.8 Å². The van der Waals surface area contributed by atoms with Crippen LogP contribution in [-0.2, 0) is 11.2 Å². The molecule has 0 aliphatic heterocycles. The second-order valence-electron chi connectivity index (χ2n) is 4.73. The van der Waals surface area contributed by atoms with E-state index in [1.54, 1.807) is 0 Å². The van der Waals surface area contributed by atoms with E-state index in [9.17, 15) is 4.79 Å². The van der Waals surface area contributed by atoms with Crippen molar-refractivity contribution >= 4 is 16.6 Å². The molecule has 2 nitrogen and oxygen atoms in total. The summed E-state index contributed by atoms with van der Waals surface area (Å²) in [5, 5.41) is 2.35. The van der Waals surface area contributed by atoms with Crippen LogP contribution in [0.15, 0.2) is 42.5 Å². The Kier molecular flexibility index (Phi) is 4.11. The molecule has 2 N–H and O–H groups in total. The van der Waals surface area contributed by atoms with Gasteiger partial charge in [0.25, 0.3) is 0 Å². The number of benzene rings is 2. The lowest BCUT2D eigenvalue weighted by atomic mass is 9.98. The molecule has 0 saturated carbocycles. The highest BCUT2D eigenvalue weighted by atomic mass is 16.1. The molecule has 1 unspecified atom stereocenters. The van der Waals surface area contributed by atoms with Gasteiger partial charge in [0, 0.05) is 18.9 Å². The Morgan fingerprint density at radius 1 is 1.17 bits per heavy atom. The van der Waals surface area contributed by atoms with E-state index in [1.165, 1.54) is 10.8 Å². The number of hydrogen-bond donors (Lipinski definition) is 1. The summed E-state index contributed by atoms with van der Waals surface area (Å²) < 4.78 is 0. The van der Waals surface area contributed by atoms with Gasteiger partial charge in [0.05, 0.1) is 0 Å². The Morgan fingerprint density at radius 2 is 1.89 bits per heavy atom. The highest BCUT2D eigenvalue weighted by Gasteiger charge is 2.10. The monoisotopic (exact) mass is 241 g/mol. The molecule has 0 amide bonds. The van der Waals surface area contributed by atoms with Crippen LogP contribution in [0, 0.1) is 0 Å². The van der Waals surface area contributed by atoms with Crippen LogP contribution < -0.4 is 5.73 Å². The Bertz CT molecular complexity index is 542. The molecule has 0 heterocycles. The van der Waals surface area contributed by atoms with Crippen molar-refractivity contribution in [1.29, 1.82) is 0 Å². The van der Waals surface area contributed by atoms with E-state index in [4.69, 9.17) is 5.73 Å². The molecule has 0 aliphatic rings. The summed E-state index contributed by atoms with van der Waals surface area (Å²) >= 11 is 0. The lowest BCUT2D eigenvalue weighted by Gasteiger charge is -2.09. The average Bonchev–Trinajstić information content (AvgIpc) is 2.39. The third-order valence-corrected chi connectivity index (χ3v) is 3.28. The highest BCUT2D eigenvalue weighted by molar-refractivity contribution is 5.91. The number of rotatable bonds is 5. The molecule has 2 aromatic rings. The largest absolute Gasteiger partial charge is 0.327 e. The quantitative estimate of drug-likeness (QED) is 0.874. The van der Waals surface area contributed by atoms with Gasteiger partial charge in [0.15, 0.2) is 0 Å². The third-order valence-electron chi connectivity index (χ3n) is 3.28. The highest BCUT2D eigenvalue weighted by Crippen LogP contribution is 2.19. The van der Waals surface area contributed by atoms with Gasteiger partial charge >= 0.3 is 0 Å². The molecule has 0 saturated heterocycles. The molecule has 0 bridgehead atoms. The fourth-order valence-electron chi connectivity index (χ4n) is 2.17. The lowest BCUT2D eigenvalue weighted by Crippen LogP contribution is -2.23. The summed E-state index contributed by atoms with van der Waals surface area (Å²) in [6.07, 6.45) is 1.80. The molecule has 0 aliphatic carbocycles. The summed E-state index contributed by atoms with van der Waals surface area (Å²) in [4.78, 5) is 11.9. The zero-order chi connectivity index (χ0) is 13.0. The predicted octanol–water partition coefficient (Wildman–Crippen LogP) is 3.08. The average molecular weight is 241 g/mol. The van der Waals surface area contributed by atoms with Gasteiger partial charge in [0.1, 0.15) is 5.78 Å². The summed E-state index contributed by atoms with van der Waals surface area (Å²) in [6.45, 7) is 2.01. The maximum atomic E-state index is 11.9. The van der Waals surface area contributed by atoms with Crippen molar-refractivity contribution in [2.24, 2.45) is 5.73 Å². The minimum Gasteiger partial charge on any atom is -0.327 e. The fraction of sp³-hybridized carbons (Fsp3) is 0.312. The Morgan fingerprint density at radius 3 is 2.67 bits per heavy atom. The van der Waals surface area contributed by atoms with Crippen LogP contribution in [0.25, 0.3) is 10.8 Å². The molecule has 2 aromatic carbocycles. The van der Waals surface area contributed by atoms with E-state index in [1.807, 2.05) is 31.2 Å². The molecule has 0 aromatic heterocycles. The first-order valence-electron chi connectivity index (χ1n) is 6.44. The zero-order valence-electron chi connectivity index (χ0n) is 10.7. The number of carbonyl (C=O) groups is 1. The first-order valence-corrected chi connectivity index (χ1v) is 6.44. The van der Waals surface area contributed by atoms with Crippen LogP contribution in [0.2, 0.25) is 0 Å². The Balaban J connectivity index is 2.19. The Labute approximate surface area is 108 Å². The first-order chi connectivity index (χ1) is 8.70. The van der Waals surface area contributed by atoms with Crippen LogP contribution in [0.1, 0.15) is 25.3 Å². The lowest BCUT2D eigenvalue weighted by molar-refractivity contribution is -0.118. The number of hydrogen-bond acceptors (Lipinski definition) is 2. The maximum Gasteiger partial charge on any atom is 0.138 e. The van der Waals surface area contributed by atoms with Crippen molar-refractivity contribution in [2.75, 3.05) is 0 Å².